The van der Waals surface area contributed by atoms with E-state index in [2.05, 4.69) is 10.5 Å². The summed E-state index contributed by atoms with van der Waals surface area (Å²) >= 11 is 11.9. The van der Waals surface area contributed by atoms with Crippen molar-refractivity contribution in [1.82, 2.24) is 5.43 Å². The highest BCUT2D eigenvalue weighted by molar-refractivity contribution is 6.36. The molecule has 0 saturated carbocycles. The van der Waals surface area contributed by atoms with Crippen molar-refractivity contribution in [3.8, 4) is 0 Å². The molecule has 0 spiro atoms. The molecule has 0 aliphatic carbocycles. The van der Waals surface area contributed by atoms with Crippen molar-refractivity contribution in [2.45, 2.75) is 6.54 Å². The Morgan fingerprint density at radius 1 is 0.966 bits per heavy atom. The Bertz CT molecular complexity index is 1020. The van der Waals surface area contributed by atoms with Crippen LogP contribution in [0.2, 0.25) is 10.0 Å². The second-order valence-corrected chi connectivity index (χ2v) is 6.76. The lowest BCUT2D eigenvalue weighted by molar-refractivity contribution is -0.683. The van der Waals surface area contributed by atoms with Crippen LogP contribution in [-0.2, 0) is 6.54 Å². The molecule has 1 amide bonds. The third-order valence-electron chi connectivity index (χ3n) is 3.91. The summed E-state index contributed by atoms with van der Waals surface area (Å²) in [5.74, 6) is -0.380. The fourth-order valence-electron chi connectivity index (χ4n) is 2.43. The Morgan fingerprint density at radius 3 is 2.31 bits per heavy atom. The average molecular weight is 450 g/mol. The number of rotatable bonds is 6. The molecule has 148 valence electrons. The van der Waals surface area contributed by atoms with E-state index in [-0.39, 0.29) is 30.6 Å². The van der Waals surface area contributed by atoms with Gasteiger partial charge in [0.2, 0.25) is 12.3 Å². The maximum Gasteiger partial charge on any atom is 0.271 e. The number of amides is 1. The molecule has 0 aliphatic rings. The van der Waals surface area contributed by atoms with Crippen LogP contribution >= 0.6 is 35.6 Å². The Labute approximate surface area is 184 Å². The first kappa shape index (κ1) is 22.6. The second-order valence-electron chi connectivity index (χ2n) is 5.91. The van der Waals surface area contributed by atoms with Crippen molar-refractivity contribution in [1.29, 1.82) is 0 Å². The lowest BCUT2D eigenvalue weighted by atomic mass is 10.1. The largest absolute Gasteiger partial charge is 0.287 e. The van der Waals surface area contributed by atoms with Gasteiger partial charge in [-0.05, 0) is 12.1 Å². The third kappa shape index (κ3) is 6.39. The molecule has 0 unspecified atom stereocenters. The van der Waals surface area contributed by atoms with Gasteiger partial charge in [0.1, 0.15) is 0 Å². The minimum absolute atomic E-state index is 0. The molecule has 0 saturated heterocycles. The van der Waals surface area contributed by atoms with E-state index in [1.165, 1.54) is 6.21 Å². The van der Waals surface area contributed by atoms with E-state index in [1.807, 2.05) is 18.2 Å². The molecule has 5 nitrogen and oxygen atoms in total. The van der Waals surface area contributed by atoms with Crippen LogP contribution in [0.25, 0.3) is 0 Å². The van der Waals surface area contributed by atoms with E-state index in [9.17, 15) is 9.59 Å². The smallest absolute Gasteiger partial charge is 0.271 e. The summed E-state index contributed by atoms with van der Waals surface area (Å²) in [7, 11) is 0. The van der Waals surface area contributed by atoms with Gasteiger partial charge in [0.15, 0.2) is 12.4 Å². The number of aromatic nitrogens is 1. The second kappa shape index (κ2) is 10.7. The van der Waals surface area contributed by atoms with Crippen molar-refractivity contribution < 1.29 is 14.2 Å². The maximum atomic E-state index is 12.2. The van der Waals surface area contributed by atoms with Crippen LogP contribution in [0.3, 0.4) is 0 Å². The van der Waals surface area contributed by atoms with Gasteiger partial charge in [-0.3, -0.25) is 9.59 Å². The van der Waals surface area contributed by atoms with Gasteiger partial charge >= 0.3 is 0 Å². The van der Waals surface area contributed by atoms with Gasteiger partial charge in [0.25, 0.3) is 5.91 Å². The highest BCUT2D eigenvalue weighted by Gasteiger charge is 2.13. The van der Waals surface area contributed by atoms with E-state index < -0.39 is 0 Å². The van der Waals surface area contributed by atoms with Crippen LogP contribution in [0.15, 0.2) is 78.2 Å². The number of nitrogens with one attached hydrogen (secondary N) is 1. The van der Waals surface area contributed by atoms with Gasteiger partial charge in [-0.25, -0.2) is 5.43 Å². The average Bonchev–Trinajstić information content (AvgIpc) is 2.70. The number of pyridine rings is 1. The number of carbonyl (C=O) groups excluding carboxylic acids is 2. The van der Waals surface area contributed by atoms with Crippen LogP contribution in [0.5, 0.6) is 0 Å². The topological polar surface area (TPSA) is 62.4 Å². The van der Waals surface area contributed by atoms with Crippen molar-refractivity contribution in [2.24, 2.45) is 5.10 Å². The van der Waals surface area contributed by atoms with Gasteiger partial charge in [-0.1, -0.05) is 59.6 Å². The monoisotopic (exact) mass is 448 g/mol. The number of hydrogen-bond donors (Lipinski definition) is 1. The van der Waals surface area contributed by atoms with E-state index in [1.54, 1.807) is 59.4 Å². The summed E-state index contributed by atoms with van der Waals surface area (Å²) < 4.78 is 1.71. The molecule has 1 aromatic heterocycles. The number of benzene rings is 2. The minimum Gasteiger partial charge on any atom is -0.287 e. The number of ketones is 1. The van der Waals surface area contributed by atoms with Crippen LogP contribution in [0, 0.1) is 0 Å². The molecule has 0 radical (unpaired) electrons. The molecular weight excluding hydrogens is 433 g/mol. The Balaban J connectivity index is 0.00000300. The van der Waals surface area contributed by atoms with Crippen LogP contribution in [0.1, 0.15) is 26.3 Å². The fraction of sp³-hybridized carbons (Fsp3) is 0.0476. The molecule has 0 aliphatic heterocycles. The zero-order valence-corrected chi connectivity index (χ0v) is 17.4. The quantitative estimate of drug-likeness (QED) is 0.263. The highest BCUT2D eigenvalue weighted by Crippen LogP contribution is 2.19. The first-order chi connectivity index (χ1) is 13.5. The standard InChI is InChI=1S/C21H15Cl2N3O2.ClH/c22-18-7-6-17(19(23)12-18)13-24-25-21(28)16-8-10-26(11-9-16)14-20(27)15-4-2-1-3-5-15;/h1-13H,14H2;1H/p+1. The van der Waals surface area contributed by atoms with E-state index in [0.717, 1.165) is 0 Å². The number of halogens is 3. The number of carbonyl (C=O) groups is 2. The van der Waals surface area contributed by atoms with E-state index in [4.69, 9.17) is 23.2 Å². The molecule has 1 N–H and O–H groups in total. The van der Waals surface area contributed by atoms with Crippen molar-refractivity contribution in [2.75, 3.05) is 0 Å². The summed E-state index contributed by atoms with van der Waals surface area (Å²) in [6, 6.07) is 17.3. The highest BCUT2D eigenvalue weighted by atomic mass is 35.5. The summed E-state index contributed by atoms with van der Waals surface area (Å²) in [6.07, 6.45) is 4.79. The number of hydrogen-bond acceptors (Lipinski definition) is 3. The van der Waals surface area contributed by atoms with Crippen molar-refractivity contribution >= 4 is 53.5 Å². The number of nitrogens with zero attached hydrogens (tertiary/aromatic N) is 2. The molecule has 0 bridgehead atoms. The summed E-state index contributed by atoms with van der Waals surface area (Å²) in [5.41, 5.74) is 4.14. The van der Waals surface area contributed by atoms with Gasteiger partial charge in [0, 0.05) is 28.3 Å². The molecule has 2 aromatic carbocycles. The first-order valence-corrected chi connectivity index (χ1v) is 9.14. The molecule has 8 heteroatoms. The first-order valence-electron chi connectivity index (χ1n) is 8.39. The molecule has 3 aromatic rings. The lowest BCUT2D eigenvalue weighted by Crippen LogP contribution is -2.37. The summed E-state index contributed by atoms with van der Waals surface area (Å²) in [6.45, 7) is 0.194. The fourth-order valence-corrected chi connectivity index (χ4v) is 2.88. The Hall–Kier alpha value is -2.73. The molecular formula is C21H17Cl3N3O2+. The maximum absolute atomic E-state index is 12.2. The van der Waals surface area contributed by atoms with Crippen LogP contribution in [0.4, 0.5) is 0 Å². The van der Waals surface area contributed by atoms with Crippen molar-refractivity contribution in [3.05, 3.63) is 99.8 Å². The van der Waals surface area contributed by atoms with Crippen LogP contribution in [-0.4, -0.2) is 17.9 Å². The van der Waals surface area contributed by atoms with E-state index >= 15 is 0 Å². The predicted octanol–water partition coefficient (Wildman–Crippen LogP) is 4.35. The zero-order chi connectivity index (χ0) is 19.9. The van der Waals surface area contributed by atoms with Crippen LogP contribution < -0.4 is 9.99 Å². The predicted molar refractivity (Wildman–Crippen MR) is 116 cm³/mol. The number of Topliss-reactive ketones (excluding diaryl/α,β-unsaturated/α-hetero) is 1. The molecule has 0 atom stereocenters. The molecule has 29 heavy (non-hydrogen) atoms. The molecule has 1 heterocycles. The molecule has 0 fully saturated rings. The summed E-state index contributed by atoms with van der Waals surface area (Å²) in [5, 5.41) is 4.87. The lowest BCUT2D eigenvalue weighted by Gasteiger charge is -2.01. The Kier molecular flexibility index (Phi) is 8.34. The van der Waals surface area contributed by atoms with E-state index in [0.29, 0.717) is 26.7 Å². The molecule has 3 rings (SSSR count). The minimum atomic E-state index is -0.372. The summed E-state index contributed by atoms with van der Waals surface area (Å²) in [4.78, 5) is 24.4. The van der Waals surface area contributed by atoms with Gasteiger partial charge in [0.05, 0.1) is 16.8 Å². The van der Waals surface area contributed by atoms with Gasteiger partial charge in [-0.2, -0.15) is 9.67 Å². The third-order valence-corrected chi connectivity index (χ3v) is 4.47. The SMILES string of the molecule is Cl.O=C(C[n+]1ccc(C(=O)N/N=C/c2ccc(Cl)cc2Cl)cc1)c1ccccc1. The van der Waals surface area contributed by atoms with Gasteiger partial charge in [-0.15, -0.1) is 12.4 Å². The zero-order valence-electron chi connectivity index (χ0n) is 15.1. The number of hydrazone groups is 1. The Morgan fingerprint density at radius 2 is 1.66 bits per heavy atom. The van der Waals surface area contributed by atoms with Gasteiger partial charge < -0.3 is 0 Å². The van der Waals surface area contributed by atoms with Crippen molar-refractivity contribution in [3.63, 3.8) is 0 Å². The normalized spacial score (nSPS) is 10.4.